The predicted molar refractivity (Wildman–Crippen MR) is 68.4 cm³/mol. The van der Waals surface area contributed by atoms with Gasteiger partial charge in [-0.1, -0.05) is 28.1 Å². The molecule has 0 spiro atoms. The van der Waals surface area contributed by atoms with Gasteiger partial charge >= 0.3 is 5.97 Å². The first-order valence-electron chi connectivity index (χ1n) is 5.63. The van der Waals surface area contributed by atoms with Crippen LogP contribution in [0.15, 0.2) is 28.7 Å². The van der Waals surface area contributed by atoms with E-state index in [1.54, 1.807) is 0 Å². The second kappa shape index (κ2) is 5.20. The number of ether oxygens (including phenoxy) is 1. The molecule has 1 atom stereocenters. The SMILES string of the molecule is O=C(O)C1(Cc2cccc(Br)c2)COCCC1=O. The zero-order valence-corrected chi connectivity index (χ0v) is 11.3. The van der Waals surface area contributed by atoms with Crippen LogP contribution in [0.1, 0.15) is 12.0 Å². The molecule has 2 rings (SSSR count). The van der Waals surface area contributed by atoms with Crippen molar-refractivity contribution in [1.29, 1.82) is 0 Å². The number of benzene rings is 1. The van der Waals surface area contributed by atoms with Gasteiger partial charge in [-0.15, -0.1) is 0 Å². The lowest BCUT2D eigenvalue weighted by Crippen LogP contribution is -2.48. The smallest absolute Gasteiger partial charge is 0.319 e. The van der Waals surface area contributed by atoms with E-state index >= 15 is 0 Å². The fourth-order valence-electron chi connectivity index (χ4n) is 2.13. The van der Waals surface area contributed by atoms with Crippen molar-refractivity contribution in [3.05, 3.63) is 34.3 Å². The number of rotatable bonds is 3. The number of halogens is 1. The molecule has 5 heteroatoms. The number of carbonyl (C=O) groups excluding carboxylic acids is 1. The van der Waals surface area contributed by atoms with Crippen LogP contribution in [0.4, 0.5) is 0 Å². The summed E-state index contributed by atoms with van der Waals surface area (Å²) in [6.45, 7) is 0.264. The number of Topliss-reactive ketones (excluding diaryl/α,β-unsaturated/α-hetero) is 1. The minimum Gasteiger partial charge on any atom is -0.480 e. The molecular weight excluding hydrogens is 300 g/mol. The van der Waals surface area contributed by atoms with Crippen molar-refractivity contribution in [2.75, 3.05) is 13.2 Å². The van der Waals surface area contributed by atoms with Gasteiger partial charge in [0.1, 0.15) is 0 Å². The number of aliphatic carboxylic acids is 1. The molecular formula is C13H13BrO4. The Kier molecular flexibility index (Phi) is 3.82. The Morgan fingerprint density at radius 2 is 2.28 bits per heavy atom. The third-order valence-electron chi connectivity index (χ3n) is 3.16. The molecule has 1 saturated heterocycles. The Morgan fingerprint density at radius 3 is 2.89 bits per heavy atom. The predicted octanol–water partition coefficient (Wildman–Crippen LogP) is 2.05. The number of carbonyl (C=O) groups is 2. The molecule has 0 saturated carbocycles. The zero-order chi connectivity index (χ0) is 13.2. The molecule has 1 aromatic rings. The maximum atomic E-state index is 12.0. The third-order valence-corrected chi connectivity index (χ3v) is 3.65. The fourth-order valence-corrected chi connectivity index (χ4v) is 2.58. The van der Waals surface area contributed by atoms with Gasteiger partial charge in [0.25, 0.3) is 0 Å². The molecule has 0 amide bonds. The van der Waals surface area contributed by atoms with E-state index < -0.39 is 11.4 Å². The van der Waals surface area contributed by atoms with E-state index in [9.17, 15) is 14.7 Å². The molecule has 0 aliphatic carbocycles. The van der Waals surface area contributed by atoms with Crippen molar-refractivity contribution in [2.24, 2.45) is 5.41 Å². The second-order valence-corrected chi connectivity index (χ2v) is 5.34. The minimum atomic E-state index is -1.43. The lowest BCUT2D eigenvalue weighted by atomic mass is 9.76. The highest BCUT2D eigenvalue weighted by atomic mass is 79.9. The molecule has 96 valence electrons. The van der Waals surface area contributed by atoms with Crippen LogP contribution in [0.2, 0.25) is 0 Å². The van der Waals surface area contributed by atoms with Crippen LogP contribution in [-0.4, -0.2) is 30.1 Å². The summed E-state index contributed by atoms with van der Waals surface area (Å²) in [5.74, 6) is -1.35. The van der Waals surface area contributed by atoms with Crippen molar-refractivity contribution in [2.45, 2.75) is 12.8 Å². The van der Waals surface area contributed by atoms with Gasteiger partial charge in [0.2, 0.25) is 0 Å². The van der Waals surface area contributed by atoms with E-state index in [1.165, 1.54) is 0 Å². The highest BCUT2D eigenvalue weighted by molar-refractivity contribution is 9.10. The number of ketones is 1. The maximum Gasteiger partial charge on any atom is 0.319 e. The van der Waals surface area contributed by atoms with Crippen LogP contribution in [0, 0.1) is 5.41 Å². The molecule has 1 heterocycles. The summed E-state index contributed by atoms with van der Waals surface area (Å²) in [4.78, 5) is 23.4. The lowest BCUT2D eigenvalue weighted by Gasteiger charge is -2.31. The van der Waals surface area contributed by atoms with E-state index in [4.69, 9.17) is 4.74 Å². The van der Waals surface area contributed by atoms with Crippen LogP contribution in [-0.2, 0) is 20.7 Å². The molecule has 4 nitrogen and oxygen atoms in total. The first-order chi connectivity index (χ1) is 8.54. The van der Waals surface area contributed by atoms with Crippen LogP contribution >= 0.6 is 15.9 Å². The van der Waals surface area contributed by atoms with E-state index in [1.807, 2.05) is 24.3 Å². The average molecular weight is 313 g/mol. The topological polar surface area (TPSA) is 63.6 Å². The Morgan fingerprint density at radius 1 is 1.50 bits per heavy atom. The average Bonchev–Trinajstić information content (AvgIpc) is 2.32. The largest absolute Gasteiger partial charge is 0.480 e. The van der Waals surface area contributed by atoms with E-state index in [0.29, 0.717) is 6.61 Å². The molecule has 18 heavy (non-hydrogen) atoms. The van der Waals surface area contributed by atoms with E-state index in [-0.39, 0.29) is 25.2 Å². The van der Waals surface area contributed by atoms with Crippen molar-refractivity contribution >= 4 is 27.7 Å². The van der Waals surface area contributed by atoms with E-state index in [0.717, 1.165) is 10.0 Å². The highest BCUT2D eigenvalue weighted by Gasteiger charge is 2.47. The minimum absolute atomic E-state index is 0.0479. The van der Waals surface area contributed by atoms with Crippen molar-refractivity contribution in [1.82, 2.24) is 0 Å². The Hall–Kier alpha value is -1.20. The highest BCUT2D eigenvalue weighted by Crippen LogP contribution is 2.30. The normalized spacial score (nSPS) is 23.9. The summed E-state index contributed by atoms with van der Waals surface area (Å²) in [5, 5.41) is 9.38. The molecule has 1 aliphatic heterocycles. The second-order valence-electron chi connectivity index (χ2n) is 4.42. The van der Waals surface area contributed by atoms with Gasteiger partial charge in [-0.25, -0.2) is 0 Å². The molecule has 1 N–H and O–H groups in total. The molecule has 1 unspecified atom stereocenters. The summed E-state index contributed by atoms with van der Waals surface area (Å²) < 4.78 is 6.07. The van der Waals surface area contributed by atoms with Crippen LogP contribution in [0.3, 0.4) is 0 Å². The molecule has 1 fully saturated rings. The van der Waals surface area contributed by atoms with Gasteiger partial charge in [-0.3, -0.25) is 9.59 Å². The molecule has 1 aromatic carbocycles. The standard InChI is InChI=1S/C13H13BrO4/c14-10-3-1-2-9(6-10)7-13(12(16)17)8-18-5-4-11(13)15/h1-3,6H,4-5,7-8H2,(H,16,17). The number of carboxylic acid groups (broad SMARTS) is 1. The fraction of sp³-hybridized carbons (Fsp3) is 0.385. The molecule has 0 radical (unpaired) electrons. The number of hydrogen-bond donors (Lipinski definition) is 1. The first kappa shape index (κ1) is 13.2. The maximum absolute atomic E-state index is 12.0. The van der Waals surface area contributed by atoms with Gasteiger partial charge < -0.3 is 9.84 Å². The first-order valence-corrected chi connectivity index (χ1v) is 6.43. The lowest BCUT2D eigenvalue weighted by molar-refractivity contribution is -0.164. The molecule has 1 aliphatic rings. The van der Waals surface area contributed by atoms with Gasteiger partial charge in [-0.2, -0.15) is 0 Å². The van der Waals surface area contributed by atoms with Crippen molar-refractivity contribution in [3.63, 3.8) is 0 Å². The summed E-state index contributed by atoms with van der Waals surface area (Å²) in [6, 6.07) is 7.32. The van der Waals surface area contributed by atoms with Gasteiger partial charge in [0.05, 0.1) is 13.2 Å². The number of carboxylic acids is 1. The van der Waals surface area contributed by atoms with Crippen molar-refractivity contribution in [3.8, 4) is 0 Å². The van der Waals surface area contributed by atoms with E-state index in [2.05, 4.69) is 15.9 Å². The summed E-state index contributed by atoms with van der Waals surface area (Å²) >= 11 is 3.33. The van der Waals surface area contributed by atoms with Crippen molar-refractivity contribution < 1.29 is 19.4 Å². The Labute approximate surface area is 113 Å². The molecule has 0 aromatic heterocycles. The monoisotopic (exact) mass is 312 g/mol. The van der Waals surface area contributed by atoms with Gasteiger partial charge in [0.15, 0.2) is 11.2 Å². The summed E-state index contributed by atoms with van der Waals surface area (Å²) in [5.41, 5.74) is -0.621. The zero-order valence-electron chi connectivity index (χ0n) is 9.69. The third kappa shape index (κ3) is 2.47. The summed E-state index contributed by atoms with van der Waals surface area (Å²) in [7, 11) is 0. The number of hydrogen-bond acceptors (Lipinski definition) is 3. The van der Waals surface area contributed by atoms with Gasteiger partial charge in [-0.05, 0) is 24.1 Å². The quantitative estimate of drug-likeness (QED) is 0.868. The summed E-state index contributed by atoms with van der Waals surface area (Å²) in [6.07, 6.45) is 0.334. The van der Waals surface area contributed by atoms with Crippen LogP contribution < -0.4 is 0 Å². The Balaban J connectivity index is 2.31. The van der Waals surface area contributed by atoms with Gasteiger partial charge in [0, 0.05) is 10.9 Å². The van der Waals surface area contributed by atoms with Crippen LogP contribution in [0.5, 0.6) is 0 Å². The molecule has 0 bridgehead atoms. The van der Waals surface area contributed by atoms with Crippen LogP contribution in [0.25, 0.3) is 0 Å². The Bertz CT molecular complexity index is 486.